The van der Waals surface area contributed by atoms with E-state index in [2.05, 4.69) is 25.2 Å². The van der Waals surface area contributed by atoms with E-state index >= 15 is 0 Å². The molecule has 0 spiro atoms. The first-order chi connectivity index (χ1) is 19.2. The Hall–Kier alpha value is -4.21. The van der Waals surface area contributed by atoms with Crippen LogP contribution in [0.3, 0.4) is 0 Å². The summed E-state index contributed by atoms with van der Waals surface area (Å²) >= 11 is 0. The van der Waals surface area contributed by atoms with Gasteiger partial charge in [-0.15, -0.1) is 0 Å². The van der Waals surface area contributed by atoms with Gasteiger partial charge in [-0.2, -0.15) is 0 Å². The lowest BCUT2D eigenvalue weighted by Gasteiger charge is -2.33. The van der Waals surface area contributed by atoms with Crippen molar-refractivity contribution in [1.82, 2.24) is 15.0 Å². The molecule has 0 aliphatic carbocycles. The summed E-state index contributed by atoms with van der Waals surface area (Å²) in [6.07, 6.45) is 7.85. The lowest BCUT2D eigenvalue weighted by molar-refractivity contribution is -0.146. The van der Waals surface area contributed by atoms with Crippen LogP contribution in [-0.4, -0.2) is 57.7 Å². The fourth-order valence-corrected chi connectivity index (χ4v) is 4.64. The van der Waals surface area contributed by atoms with Crippen LogP contribution in [0.1, 0.15) is 51.2 Å². The van der Waals surface area contributed by atoms with Crippen LogP contribution in [0.2, 0.25) is 0 Å². The summed E-state index contributed by atoms with van der Waals surface area (Å²) in [5.74, 6) is 1.18. The number of hydrogen-bond donors (Lipinski definition) is 2. The number of carbonyl (C=O) groups excluding carboxylic acids is 1. The number of hydrogen-bond acceptors (Lipinski definition) is 8. The monoisotopic (exact) mass is 547 g/mol. The number of carbonyl (C=O) groups is 2. The summed E-state index contributed by atoms with van der Waals surface area (Å²) in [7, 11) is 0. The van der Waals surface area contributed by atoms with Gasteiger partial charge in [0.05, 0.1) is 31.0 Å². The van der Waals surface area contributed by atoms with Gasteiger partial charge in [-0.3, -0.25) is 14.6 Å². The molecule has 0 bridgehead atoms. The molecule has 2 aromatic heterocycles. The summed E-state index contributed by atoms with van der Waals surface area (Å²) in [5.41, 5.74) is 1.06. The molecule has 0 saturated carbocycles. The third-order valence-corrected chi connectivity index (χ3v) is 6.76. The highest BCUT2D eigenvalue weighted by Gasteiger charge is 2.27. The second-order valence-electron chi connectivity index (χ2n) is 10.6. The molecule has 1 unspecified atom stereocenters. The lowest BCUT2D eigenvalue weighted by Crippen LogP contribution is -2.41. The van der Waals surface area contributed by atoms with E-state index in [0.717, 1.165) is 30.5 Å². The van der Waals surface area contributed by atoms with Crippen LogP contribution in [0.25, 0.3) is 0 Å². The van der Waals surface area contributed by atoms with Gasteiger partial charge in [0.15, 0.2) is 11.6 Å². The normalized spacial score (nSPS) is 15.4. The third kappa shape index (κ3) is 7.91. The van der Waals surface area contributed by atoms with E-state index in [0.29, 0.717) is 49.3 Å². The maximum Gasteiger partial charge on any atom is 0.309 e. The van der Waals surface area contributed by atoms with Crippen molar-refractivity contribution >= 4 is 23.5 Å². The first kappa shape index (κ1) is 28.8. The predicted molar refractivity (Wildman–Crippen MR) is 152 cm³/mol. The molecule has 10 heteroatoms. The van der Waals surface area contributed by atoms with Crippen LogP contribution < -0.4 is 19.7 Å². The number of anilines is 2. The quantitative estimate of drug-likeness (QED) is 0.336. The predicted octanol–water partition coefficient (Wildman–Crippen LogP) is 4.54. The molecule has 1 aromatic carbocycles. The lowest BCUT2D eigenvalue weighted by atomic mass is 9.85. The molecular weight excluding hydrogens is 510 g/mol. The summed E-state index contributed by atoms with van der Waals surface area (Å²) in [6, 6.07) is 11.4. The molecule has 3 aromatic rings. The Kier molecular flexibility index (Phi) is 9.52. The van der Waals surface area contributed by atoms with E-state index in [4.69, 9.17) is 9.47 Å². The number of nitrogens with one attached hydrogen (secondary N) is 1. The van der Waals surface area contributed by atoms with Gasteiger partial charge in [-0.1, -0.05) is 24.3 Å². The van der Waals surface area contributed by atoms with Crippen molar-refractivity contribution in [3.05, 3.63) is 66.1 Å². The minimum Gasteiger partial charge on any atom is -0.488 e. The SMILES string of the molecule is CCOc1cccnc1OC1CCCN(c2cncc(NC(=O)CCc3cccc(CC(C)(C)C(=O)O)c3)n2)C1. The van der Waals surface area contributed by atoms with Gasteiger partial charge in [0.1, 0.15) is 11.9 Å². The second kappa shape index (κ2) is 13.2. The summed E-state index contributed by atoms with van der Waals surface area (Å²) in [6.45, 7) is 7.29. The van der Waals surface area contributed by atoms with E-state index in [9.17, 15) is 14.7 Å². The number of rotatable bonds is 12. The Morgan fingerprint density at radius 2 is 2.00 bits per heavy atom. The average Bonchev–Trinajstić information content (AvgIpc) is 2.93. The molecule has 1 fully saturated rings. The Morgan fingerprint density at radius 1 is 1.18 bits per heavy atom. The highest BCUT2D eigenvalue weighted by atomic mass is 16.5. The van der Waals surface area contributed by atoms with E-state index in [1.54, 1.807) is 26.2 Å². The van der Waals surface area contributed by atoms with Crippen LogP contribution in [0.15, 0.2) is 55.0 Å². The summed E-state index contributed by atoms with van der Waals surface area (Å²) in [5, 5.41) is 12.3. The van der Waals surface area contributed by atoms with Crippen LogP contribution in [0, 0.1) is 5.41 Å². The fourth-order valence-electron chi connectivity index (χ4n) is 4.64. The van der Waals surface area contributed by atoms with Crippen molar-refractivity contribution in [3.8, 4) is 11.6 Å². The zero-order chi connectivity index (χ0) is 28.5. The van der Waals surface area contributed by atoms with Gasteiger partial charge in [-0.05, 0) is 69.7 Å². The molecule has 1 aliphatic heterocycles. The van der Waals surface area contributed by atoms with E-state index in [-0.39, 0.29) is 18.4 Å². The molecule has 0 radical (unpaired) electrons. The molecule has 10 nitrogen and oxygen atoms in total. The molecule has 1 saturated heterocycles. The summed E-state index contributed by atoms with van der Waals surface area (Å²) < 4.78 is 11.8. The summed E-state index contributed by atoms with van der Waals surface area (Å²) in [4.78, 5) is 39.5. The largest absolute Gasteiger partial charge is 0.488 e. The first-order valence-electron chi connectivity index (χ1n) is 13.7. The number of carboxylic acids is 1. The molecule has 40 heavy (non-hydrogen) atoms. The number of aryl methyl sites for hydroxylation is 1. The van der Waals surface area contributed by atoms with Crippen LogP contribution >= 0.6 is 0 Å². The molecule has 1 aliphatic rings. The smallest absolute Gasteiger partial charge is 0.309 e. The molecule has 2 N–H and O–H groups in total. The Bertz CT molecular complexity index is 1310. The van der Waals surface area contributed by atoms with E-state index < -0.39 is 11.4 Å². The number of amides is 1. The fraction of sp³-hybridized carbons (Fsp3) is 0.433. The van der Waals surface area contributed by atoms with E-state index in [1.807, 2.05) is 43.3 Å². The van der Waals surface area contributed by atoms with E-state index in [1.165, 1.54) is 6.20 Å². The molecule has 212 valence electrons. The van der Waals surface area contributed by atoms with Crippen LogP contribution in [-0.2, 0) is 22.4 Å². The van der Waals surface area contributed by atoms with Gasteiger partial charge in [0.2, 0.25) is 5.91 Å². The Morgan fingerprint density at radius 3 is 2.80 bits per heavy atom. The highest BCUT2D eigenvalue weighted by molar-refractivity contribution is 5.89. The average molecular weight is 548 g/mol. The first-order valence-corrected chi connectivity index (χ1v) is 13.7. The number of nitrogens with zero attached hydrogens (tertiary/aromatic N) is 4. The zero-order valence-electron chi connectivity index (χ0n) is 23.3. The van der Waals surface area contributed by atoms with Crippen LogP contribution in [0.5, 0.6) is 11.6 Å². The Balaban J connectivity index is 1.32. The maximum absolute atomic E-state index is 12.7. The third-order valence-electron chi connectivity index (χ3n) is 6.76. The van der Waals surface area contributed by atoms with Crippen molar-refractivity contribution in [1.29, 1.82) is 0 Å². The van der Waals surface area contributed by atoms with Crippen molar-refractivity contribution < 1.29 is 24.2 Å². The number of piperidine rings is 1. The molecule has 1 atom stereocenters. The highest BCUT2D eigenvalue weighted by Crippen LogP contribution is 2.28. The van der Waals surface area contributed by atoms with Crippen molar-refractivity contribution in [2.75, 3.05) is 29.9 Å². The molecular formula is C30H37N5O5. The molecule has 4 rings (SSSR count). The Labute approximate surface area is 234 Å². The number of carboxylic acid groups (broad SMARTS) is 1. The minimum absolute atomic E-state index is 0.0836. The number of benzene rings is 1. The van der Waals surface area contributed by atoms with Gasteiger partial charge in [0, 0.05) is 19.2 Å². The van der Waals surface area contributed by atoms with Crippen LogP contribution in [0.4, 0.5) is 11.6 Å². The maximum atomic E-state index is 12.7. The van der Waals surface area contributed by atoms with Gasteiger partial charge >= 0.3 is 5.97 Å². The van der Waals surface area contributed by atoms with Crippen molar-refractivity contribution in [2.24, 2.45) is 5.41 Å². The van der Waals surface area contributed by atoms with Gasteiger partial charge in [0.25, 0.3) is 5.88 Å². The standard InChI is InChI=1S/C30H37N5O5/c1-4-39-24-11-6-14-32-28(24)40-23-10-7-15-35(20-23)26-19-31-18-25(33-26)34-27(36)13-12-21-8-5-9-22(16-21)17-30(2,3)29(37)38/h5-6,8-9,11,14,16,18-19,23H,4,7,10,12-13,15,17,20H2,1-3H3,(H,37,38)(H,33,34,36). The van der Waals surface area contributed by atoms with Gasteiger partial charge < -0.3 is 24.8 Å². The number of aliphatic carboxylic acids is 1. The van der Waals surface area contributed by atoms with Crippen molar-refractivity contribution in [3.63, 3.8) is 0 Å². The minimum atomic E-state index is -0.856. The number of pyridine rings is 1. The number of ether oxygens (including phenoxy) is 2. The van der Waals surface area contributed by atoms with Gasteiger partial charge in [-0.25, -0.2) is 9.97 Å². The van der Waals surface area contributed by atoms with Crippen molar-refractivity contribution in [2.45, 2.75) is 59.0 Å². The zero-order valence-corrected chi connectivity index (χ0v) is 23.3. The molecule has 3 heterocycles. The number of aromatic nitrogens is 3. The second-order valence-corrected chi connectivity index (χ2v) is 10.6. The topological polar surface area (TPSA) is 127 Å². The molecule has 1 amide bonds.